The Morgan fingerprint density at radius 2 is 1.84 bits per heavy atom. The Labute approximate surface area is 251 Å². The van der Waals surface area contributed by atoms with E-state index in [4.69, 9.17) is 23.7 Å². The van der Waals surface area contributed by atoms with Gasteiger partial charge >= 0.3 is 11.9 Å². The molecule has 5 heterocycles. The van der Waals surface area contributed by atoms with Gasteiger partial charge < -0.3 is 33.9 Å². The molecule has 0 radical (unpaired) electrons. The number of cyclic esters (lactones) is 1. The number of aryl methyl sites for hydroxylation is 1. The first kappa shape index (κ1) is 28.3. The quantitative estimate of drug-likeness (QED) is 0.291. The lowest BCUT2D eigenvalue weighted by molar-refractivity contribution is -0.184. The summed E-state index contributed by atoms with van der Waals surface area (Å²) in [5, 5.41) is 23.2. The van der Waals surface area contributed by atoms with E-state index in [9.17, 15) is 24.6 Å². The summed E-state index contributed by atoms with van der Waals surface area (Å²) in [4.78, 5) is 42.0. The maximum Gasteiger partial charge on any atom is 0.375 e. The average Bonchev–Trinajstić information content (AvgIpc) is 3.45. The summed E-state index contributed by atoms with van der Waals surface area (Å²) in [5.41, 5.74) is 4.10. The van der Waals surface area contributed by atoms with Crippen LogP contribution in [0.4, 0.5) is 0 Å². The van der Waals surface area contributed by atoms with Crippen LogP contribution in [0.15, 0.2) is 6.07 Å². The number of fused-ring (bicyclic) bond motifs is 9. The van der Waals surface area contributed by atoms with Gasteiger partial charge in [0.05, 0.1) is 36.2 Å². The summed E-state index contributed by atoms with van der Waals surface area (Å²) < 4.78 is 28.9. The van der Waals surface area contributed by atoms with Gasteiger partial charge in [0, 0.05) is 35.2 Å². The van der Waals surface area contributed by atoms with Crippen LogP contribution < -0.4 is 18.9 Å². The minimum absolute atomic E-state index is 0.0203. The number of aromatic hydroxyl groups is 1. The topological polar surface area (TPSA) is 144 Å². The summed E-state index contributed by atoms with van der Waals surface area (Å²) in [6, 6.07) is -0.238. The molecule has 2 aromatic carbocycles. The van der Waals surface area contributed by atoms with Crippen LogP contribution in [0.1, 0.15) is 57.6 Å². The molecule has 2 aromatic rings. The number of aliphatic hydroxyl groups is 1. The van der Waals surface area contributed by atoms with Crippen molar-refractivity contribution in [3.63, 3.8) is 0 Å². The maximum atomic E-state index is 12.9. The lowest BCUT2D eigenvalue weighted by atomic mass is 9.73. The predicted octanol–water partition coefficient (Wildman–Crippen LogP) is 2.23. The number of Topliss-reactive ketones (excluding diaryl/α,β-unsaturated/α-hetero) is 1. The molecule has 13 heteroatoms. The first-order valence-electron chi connectivity index (χ1n) is 14.1. The van der Waals surface area contributed by atoms with Crippen LogP contribution >= 0.6 is 11.8 Å². The minimum Gasteiger partial charge on any atom is -0.504 e. The maximum absolute atomic E-state index is 12.9. The predicted molar refractivity (Wildman–Crippen MR) is 152 cm³/mol. The highest BCUT2D eigenvalue weighted by atomic mass is 32.2. The van der Waals surface area contributed by atoms with Crippen molar-refractivity contribution in [3.8, 4) is 28.7 Å². The van der Waals surface area contributed by atoms with Crippen LogP contribution in [0.5, 0.6) is 28.7 Å². The lowest BCUT2D eigenvalue weighted by Crippen LogP contribution is -2.69. The van der Waals surface area contributed by atoms with Crippen molar-refractivity contribution in [1.29, 1.82) is 0 Å². The molecule has 228 valence electrons. The van der Waals surface area contributed by atoms with E-state index in [0.717, 1.165) is 11.1 Å². The zero-order valence-electron chi connectivity index (χ0n) is 24.3. The number of hydrogen-bond acceptors (Lipinski definition) is 13. The van der Waals surface area contributed by atoms with E-state index in [1.807, 2.05) is 24.9 Å². The molecule has 12 nitrogen and oxygen atoms in total. The van der Waals surface area contributed by atoms with Gasteiger partial charge in [0.2, 0.25) is 12.6 Å². The molecule has 4 bridgehead atoms. The Balaban J connectivity index is 1.55. The van der Waals surface area contributed by atoms with Crippen molar-refractivity contribution >= 4 is 29.5 Å². The average molecular weight is 613 g/mol. The Kier molecular flexibility index (Phi) is 6.58. The molecule has 7 rings (SSSR count). The minimum atomic E-state index is -1.03. The number of methoxy groups -OCH3 is 1. The molecule has 0 unspecified atom stereocenters. The fourth-order valence-corrected chi connectivity index (χ4v) is 9.04. The van der Waals surface area contributed by atoms with Crippen molar-refractivity contribution in [2.45, 2.75) is 62.8 Å². The summed E-state index contributed by atoms with van der Waals surface area (Å²) in [6.07, 6.45) is -0.582. The van der Waals surface area contributed by atoms with Gasteiger partial charge in [0.1, 0.15) is 18.6 Å². The molecule has 2 fully saturated rings. The van der Waals surface area contributed by atoms with Crippen LogP contribution in [-0.2, 0) is 25.5 Å². The number of ether oxygens (including phenoxy) is 5. The molecule has 6 atom stereocenters. The van der Waals surface area contributed by atoms with Crippen LogP contribution in [0.25, 0.3) is 0 Å². The van der Waals surface area contributed by atoms with E-state index in [1.54, 1.807) is 6.92 Å². The summed E-state index contributed by atoms with van der Waals surface area (Å²) in [7, 11) is 3.42. The van der Waals surface area contributed by atoms with Crippen LogP contribution in [0.3, 0.4) is 0 Å². The standard InChI is InChI=1S/C30H32N2O10S/c1-11-6-14-7-15-29(36)32-16-8-39-30(37)17(34)9-43-28(22(32)21(31(15)4)18(14)23(35)24(11)38-5)20-19(16)27-26(40-10-41-27)12(2)25(20)42-13(3)33/h6,15-16,21-22,28-29,35-36H,7-10H2,1-5H3/t15-,16+,21-,22+,28+,29-/m0/s1. The summed E-state index contributed by atoms with van der Waals surface area (Å²) in [6.45, 7) is 4.63. The second kappa shape index (κ2) is 10.0. The highest BCUT2D eigenvalue weighted by Gasteiger charge is 2.60. The molecule has 0 amide bonds. The Morgan fingerprint density at radius 1 is 1.09 bits per heavy atom. The first-order valence-corrected chi connectivity index (χ1v) is 15.1. The Bertz CT molecular complexity index is 1590. The van der Waals surface area contributed by atoms with E-state index < -0.39 is 47.3 Å². The summed E-state index contributed by atoms with van der Waals surface area (Å²) in [5.74, 6) is -0.882. The number of ketones is 1. The van der Waals surface area contributed by atoms with E-state index >= 15 is 0 Å². The van der Waals surface area contributed by atoms with Crippen molar-refractivity contribution in [3.05, 3.63) is 39.4 Å². The molecule has 5 aliphatic heterocycles. The van der Waals surface area contributed by atoms with Crippen molar-refractivity contribution in [2.75, 3.05) is 33.3 Å². The number of rotatable bonds is 2. The zero-order chi connectivity index (χ0) is 30.5. The van der Waals surface area contributed by atoms with Crippen molar-refractivity contribution in [1.82, 2.24) is 9.80 Å². The van der Waals surface area contributed by atoms with Crippen LogP contribution in [0, 0.1) is 13.8 Å². The number of aliphatic hydroxyl groups excluding tert-OH is 1. The molecule has 2 saturated heterocycles. The highest BCUT2D eigenvalue weighted by Crippen LogP contribution is 2.63. The smallest absolute Gasteiger partial charge is 0.375 e. The van der Waals surface area contributed by atoms with Gasteiger partial charge in [-0.3, -0.25) is 19.4 Å². The number of thioether (sulfide) groups is 1. The van der Waals surface area contributed by atoms with Crippen LogP contribution in [0.2, 0.25) is 0 Å². The van der Waals surface area contributed by atoms with E-state index in [1.165, 1.54) is 25.8 Å². The molecule has 5 aliphatic rings. The van der Waals surface area contributed by atoms with Crippen molar-refractivity contribution in [2.24, 2.45) is 0 Å². The lowest BCUT2D eigenvalue weighted by Gasteiger charge is -2.61. The van der Waals surface area contributed by atoms with Gasteiger partial charge in [-0.05, 0) is 38.4 Å². The van der Waals surface area contributed by atoms with Gasteiger partial charge in [0.15, 0.2) is 23.0 Å². The third kappa shape index (κ3) is 3.91. The molecule has 0 aromatic heterocycles. The SMILES string of the molecule is COc1c(C)cc2c(c1O)[C@H]1[C@@H]3[C@@H]4SCC(=O)C(=O)OC[C@H](c5c6c(c(C)c(OC(C)=O)c54)OCO6)N3[C@@H](O)[C@H](C2)N1C. The van der Waals surface area contributed by atoms with Gasteiger partial charge in [-0.15, -0.1) is 11.8 Å². The van der Waals surface area contributed by atoms with Gasteiger partial charge in [0.25, 0.3) is 0 Å². The monoisotopic (exact) mass is 612 g/mol. The van der Waals surface area contributed by atoms with E-state index in [2.05, 4.69) is 4.90 Å². The molecular formula is C30H32N2O10S. The fraction of sp³-hybridized carbons (Fsp3) is 0.500. The Morgan fingerprint density at radius 3 is 2.56 bits per heavy atom. The second-order valence-corrected chi connectivity index (χ2v) is 12.7. The largest absolute Gasteiger partial charge is 0.504 e. The number of benzene rings is 2. The van der Waals surface area contributed by atoms with Gasteiger partial charge in [-0.1, -0.05) is 6.07 Å². The number of carbonyl (C=O) groups is 3. The third-order valence-corrected chi connectivity index (χ3v) is 10.7. The normalized spacial score (nSPS) is 29.3. The molecule has 43 heavy (non-hydrogen) atoms. The first-order chi connectivity index (χ1) is 20.5. The molecule has 0 spiro atoms. The van der Waals surface area contributed by atoms with E-state index in [-0.39, 0.29) is 36.7 Å². The second-order valence-electron chi connectivity index (χ2n) is 11.6. The number of piperazine rings is 1. The Hall–Kier alpha value is -3.52. The van der Waals surface area contributed by atoms with Gasteiger partial charge in [-0.2, -0.15) is 0 Å². The molecule has 0 saturated carbocycles. The molecular weight excluding hydrogens is 580 g/mol. The van der Waals surface area contributed by atoms with Crippen LogP contribution in [-0.4, -0.2) is 89.4 Å². The molecule has 0 aliphatic carbocycles. The number of phenols is 1. The van der Waals surface area contributed by atoms with E-state index in [0.29, 0.717) is 45.9 Å². The summed E-state index contributed by atoms with van der Waals surface area (Å²) >= 11 is 1.21. The number of nitrogens with zero attached hydrogens (tertiary/aromatic N) is 2. The highest BCUT2D eigenvalue weighted by molar-refractivity contribution is 8.00. The number of carbonyl (C=O) groups excluding carboxylic acids is 3. The number of likely N-dealkylation sites (N-methyl/N-ethyl adjacent to an activating group) is 1. The molecule has 2 N–H and O–H groups in total. The zero-order valence-corrected chi connectivity index (χ0v) is 25.1. The third-order valence-electron chi connectivity index (χ3n) is 9.37. The fourth-order valence-electron chi connectivity index (χ4n) is 7.71. The van der Waals surface area contributed by atoms with Gasteiger partial charge in [-0.25, -0.2) is 4.79 Å². The number of phenolic OH excluding ortho intramolecular Hbond substituents is 1. The van der Waals surface area contributed by atoms with Crippen molar-refractivity contribution < 1.29 is 48.3 Å². The number of hydrogen-bond donors (Lipinski definition) is 2. The number of esters is 2.